The zero-order chi connectivity index (χ0) is 13.9. The summed E-state index contributed by atoms with van der Waals surface area (Å²) in [5, 5.41) is 10.1. The molecule has 0 aromatic heterocycles. The van der Waals surface area contributed by atoms with E-state index in [1.807, 2.05) is 13.0 Å². The lowest BCUT2D eigenvalue weighted by molar-refractivity contribution is 0.168. The molecule has 0 bridgehead atoms. The Kier molecular flexibility index (Phi) is 4.44. The number of hydrogen-bond donors (Lipinski definition) is 2. The van der Waals surface area contributed by atoms with E-state index >= 15 is 0 Å². The Bertz CT molecular complexity index is 530. The van der Waals surface area contributed by atoms with Crippen LogP contribution in [0.3, 0.4) is 0 Å². The summed E-state index contributed by atoms with van der Waals surface area (Å²) in [5.41, 5.74) is 1.26. The number of para-hydroxylation sites is 1. The highest BCUT2D eigenvalue weighted by atomic mass is 32.2. The van der Waals surface area contributed by atoms with E-state index in [0.717, 1.165) is 6.42 Å². The number of rotatable bonds is 4. The van der Waals surface area contributed by atoms with Crippen molar-refractivity contribution in [2.75, 3.05) is 17.4 Å². The van der Waals surface area contributed by atoms with E-state index in [-0.39, 0.29) is 0 Å². The van der Waals surface area contributed by atoms with Gasteiger partial charge in [0.25, 0.3) is 0 Å². The average Bonchev–Trinajstić information content (AvgIpc) is 2.57. The second-order valence-electron chi connectivity index (χ2n) is 4.69. The number of anilines is 1. The fraction of sp³-hybridized carbons (Fsp3) is 0.538. The maximum atomic E-state index is 12.3. The summed E-state index contributed by atoms with van der Waals surface area (Å²) in [7, 11) is -3.53. The minimum Gasteiger partial charge on any atom is -0.388 e. The minimum absolute atomic E-state index is 0.396. The number of nitrogens with zero attached hydrogens (tertiary/aromatic N) is 1. The monoisotopic (exact) mass is 284 g/mol. The fourth-order valence-electron chi connectivity index (χ4n) is 2.26. The molecule has 0 fully saturated rings. The van der Waals surface area contributed by atoms with Gasteiger partial charge in [-0.1, -0.05) is 25.1 Å². The molecule has 1 unspecified atom stereocenters. The van der Waals surface area contributed by atoms with Crippen molar-refractivity contribution in [1.29, 1.82) is 0 Å². The molecule has 1 aromatic rings. The normalized spacial score (nSPS) is 19.9. The zero-order valence-corrected chi connectivity index (χ0v) is 11.9. The molecular formula is C13H20N2O3S. The molecular weight excluding hydrogens is 264 g/mol. The van der Waals surface area contributed by atoms with E-state index in [4.69, 9.17) is 0 Å². The van der Waals surface area contributed by atoms with Crippen LogP contribution in [-0.4, -0.2) is 26.6 Å². The lowest BCUT2D eigenvalue weighted by Crippen LogP contribution is -2.41. The summed E-state index contributed by atoms with van der Waals surface area (Å²) in [6.07, 6.45) is 1.37. The first-order chi connectivity index (χ1) is 9.06. The summed E-state index contributed by atoms with van der Waals surface area (Å²) in [4.78, 5) is 0. The van der Waals surface area contributed by atoms with Crippen molar-refractivity contribution in [3.63, 3.8) is 0 Å². The second-order valence-corrected chi connectivity index (χ2v) is 6.37. The van der Waals surface area contributed by atoms with Crippen molar-refractivity contribution in [3.05, 3.63) is 29.8 Å². The van der Waals surface area contributed by atoms with Gasteiger partial charge in [-0.05, 0) is 25.3 Å². The Morgan fingerprint density at radius 3 is 2.89 bits per heavy atom. The predicted molar refractivity (Wildman–Crippen MR) is 75.2 cm³/mol. The molecule has 0 spiro atoms. The van der Waals surface area contributed by atoms with Crippen LogP contribution in [0, 0.1) is 0 Å². The van der Waals surface area contributed by atoms with E-state index in [1.165, 1.54) is 4.31 Å². The highest BCUT2D eigenvalue weighted by molar-refractivity contribution is 7.90. The van der Waals surface area contributed by atoms with Crippen LogP contribution in [0.4, 0.5) is 5.69 Å². The Morgan fingerprint density at radius 1 is 1.42 bits per heavy atom. The van der Waals surface area contributed by atoms with Crippen LogP contribution < -0.4 is 9.03 Å². The van der Waals surface area contributed by atoms with Crippen LogP contribution in [0.15, 0.2) is 24.3 Å². The van der Waals surface area contributed by atoms with Gasteiger partial charge in [-0.2, -0.15) is 13.1 Å². The molecule has 1 aliphatic heterocycles. The van der Waals surface area contributed by atoms with Gasteiger partial charge in [0.15, 0.2) is 0 Å². The van der Waals surface area contributed by atoms with E-state index in [0.29, 0.717) is 37.2 Å². The molecule has 1 atom stereocenters. The number of fused-ring (bicyclic) bond motifs is 1. The van der Waals surface area contributed by atoms with Crippen molar-refractivity contribution in [2.24, 2.45) is 0 Å². The molecule has 2 N–H and O–H groups in total. The summed E-state index contributed by atoms with van der Waals surface area (Å²) in [6.45, 7) is 2.74. The van der Waals surface area contributed by atoms with E-state index in [9.17, 15) is 13.5 Å². The Balaban J connectivity index is 2.38. The van der Waals surface area contributed by atoms with Gasteiger partial charge in [0, 0.05) is 18.7 Å². The van der Waals surface area contributed by atoms with E-state index < -0.39 is 16.3 Å². The molecule has 106 valence electrons. The van der Waals surface area contributed by atoms with Gasteiger partial charge >= 0.3 is 10.2 Å². The lowest BCUT2D eigenvalue weighted by Gasteiger charge is -2.24. The van der Waals surface area contributed by atoms with Gasteiger partial charge in [-0.25, -0.2) is 0 Å². The minimum atomic E-state index is -3.53. The summed E-state index contributed by atoms with van der Waals surface area (Å²) < 4.78 is 28.5. The molecule has 19 heavy (non-hydrogen) atoms. The van der Waals surface area contributed by atoms with Crippen molar-refractivity contribution >= 4 is 15.9 Å². The molecule has 0 saturated carbocycles. The Morgan fingerprint density at radius 2 is 2.16 bits per heavy atom. The van der Waals surface area contributed by atoms with Crippen LogP contribution in [0.5, 0.6) is 0 Å². The Labute approximate surface area is 114 Å². The third-order valence-corrected chi connectivity index (χ3v) is 4.76. The standard InChI is InChI=1S/C13H20N2O3S/c1-2-9-14-19(17,18)15-10-5-8-13(16)11-6-3-4-7-12(11)15/h3-4,6-7,13-14,16H,2,5,8-10H2,1H3. The molecule has 2 rings (SSSR count). The van der Waals surface area contributed by atoms with Gasteiger partial charge in [0.05, 0.1) is 11.8 Å². The largest absolute Gasteiger partial charge is 0.388 e. The van der Waals surface area contributed by atoms with Crippen LogP contribution in [0.25, 0.3) is 0 Å². The molecule has 0 amide bonds. The van der Waals surface area contributed by atoms with Crippen LogP contribution in [0.1, 0.15) is 37.9 Å². The maximum Gasteiger partial charge on any atom is 0.301 e. The average molecular weight is 284 g/mol. The molecule has 1 aliphatic rings. The van der Waals surface area contributed by atoms with Gasteiger partial charge in [-0.15, -0.1) is 0 Å². The lowest BCUT2D eigenvalue weighted by atomic mass is 10.1. The third kappa shape index (κ3) is 3.08. The predicted octanol–water partition coefficient (Wildman–Crippen LogP) is 1.56. The molecule has 0 aliphatic carbocycles. The molecule has 6 heteroatoms. The first-order valence-corrected chi connectivity index (χ1v) is 8.04. The number of hydrogen-bond acceptors (Lipinski definition) is 3. The third-order valence-electron chi connectivity index (χ3n) is 3.23. The van der Waals surface area contributed by atoms with E-state index in [1.54, 1.807) is 18.2 Å². The van der Waals surface area contributed by atoms with Crippen molar-refractivity contribution in [3.8, 4) is 0 Å². The topological polar surface area (TPSA) is 69.6 Å². The van der Waals surface area contributed by atoms with Gasteiger partial charge in [-0.3, -0.25) is 4.31 Å². The number of aliphatic hydroxyl groups excluding tert-OH is 1. The highest BCUT2D eigenvalue weighted by Gasteiger charge is 2.28. The number of benzene rings is 1. The van der Waals surface area contributed by atoms with Crippen LogP contribution >= 0.6 is 0 Å². The van der Waals surface area contributed by atoms with Crippen LogP contribution in [-0.2, 0) is 10.2 Å². The molecule has 0 saturated heterocycles. The van der Waals surface area contributed by atoms with Gasteiger partial charge in [0.1, 0.15) is 0 Å². The van der Waals surface area contributed by atoms with Crippen molar-refractivity contribution in [2.45, 2.75) is 32.3 Å². The molecule has 1 heterocycles. The van der Waals surface area contributed by atoms with Gasteiger partial charge in [0.2, 0.25) is 0 Å². The maximum absolute atomic E-state index is 12.3. The quantitative estimate of drug-likeness (QED) is 0.881. The smallest absolute Gasteiger partial charge is 0.301 e. The van der Waals surface area contributed by atoms with Crippen molar-refractivity contribution < 1.29 is 13.5 Å². The first-order valence-electron chi connectivity index (χ1n) is 6.60. The summed E-state index contributed by atoms with van der Waals surface area (Å²) in [5.74, 6) is 0. The highest BCUT2D eigenvalue weighted by Crippen LogP contribution is 2.33. The first kappa shape index (κ1) is 14.3. The Hall–Kier alpha value is -1.11. The molecule has 5 nitrogen and oxygen atoms in total. The fourth-order valence-corrected chi connectivity index (χ4v) is 3.67. The summed E-state index contributed by atoms with van der Waals surface area (Å²) >= 11 is 0. The SMILES string of the molecule is CCCNS(=O)(=O)N1CCCC(O)c2ccccc21. The molecule has 1 aromatic carbocycles. The summed E-state index contributed by atoms with van der Waals surface area (Å²) in [6, 6.07) is 7.14. The number of nitrogens with one attached hydrogen (secondary N) is 1. The van der Waals surface area contributed by atoms with Crippen molar-refractivity contribution in [1.82, 2.24) is 4.72 Å². The molecule has 0 radical (unpaired) electrons. The second kappa shape index (κ2) is 5.90. The van der Waals surface area contributed by atoms with Gasteiger partial charge < -0.3 is 5.11 Å². The zero-order valence-electron chi connectivity index (χ0n) is 11.0. The number of aliphatic hydroxyl groups is 1. The van der Waals surface area contributed by atoms with E-state index in [2.05, 4.69) is 4.72 Å². The van der Waals surface area contributed by atoms with Crippen LogP contribution in [0.2, 0.25) is 0 Å².